The highest BCUT2D eigenvalue weighted by Gasteiger charge is 2.37. The maximum absolute atomic E-state index is 14.2. The number of nitrogens with two attached hydrogens (primary N) is 1. The largest absolute Gasteiger partial charge is 0.466 e. The molecule has 0 aliphatic rings. The van der Waals surface area contributed by atoms with E-state index >= 15 is 0 Å². The molecule has 0 saturated heterocycles. The van der Waals surface area contributed by atoms with Crippen LogP contribution in [0.4, 0.5) is 4.79 Å². The standard InChI is InChI=1S/C32H52N4O7/c1-8-10-11-12-13-14-17-36(30(40)25(21-26(33)37)35-31(41)43-32(5,6)7)28(24-19-22(3)18-23(4)20-24)29(39)34-16-15-27(38)42-9-2/h18-20,25,28H,8-17,21H2,1-7H3,(H2,33,37)(H,34,39)(H,35,41). The van der Waals surface area contributed by atoms with E-state index < -0.39 is 53.9 Å². The van der Waals surface area contributed by atoms with E-state index in [4.69, 9.17) is 15.2 Å². The minimum atomic E-state index is -1.35. The van der Waals surface area contributed by atoms with Crippen molar-refractivity contribution in [3.8, 4) is 0 Å². The molecule has 0 fully saturated rings. The highest BCUT2D eigenvalue weighted by molar-refractivity contribution is 5.94. The third kappa shape index (κ3) is 14.9. The van der Waals surface area contributed by atoms with Crippen LogP contribution in [-0.2, 0) is 28.7 Å². The summed E-state index contributed by atoms with van der Waals surface area (Å²) in [5, 5.41) is 5.27. The summed E-state index contributed by atoms with van der Waals surface area (Å²) >= 11 is 0. The molecule has 0 heterocycles. The van der Waals surface area contributed by atoms with Crippen LogP contribution >= 0.6 is 0 Å². The number of primary amides is 1. The van der Waals surface area contributed by atoms with Crippen molar-refractivity contribution in [3.05, 3.63) is 34.9 Å². The van der Waals surface area contributed by atoms with Crippen molar-refractivity contribution in [2.45, 2.75) is 118 Å². The van der Waals surface area contributed by atoms with Crippen LogP contribution in [-0.4, -0.2) is 66.0 Å². The maximum Gasteiger partial charge on any atom is 0.408 e. The highest BCUT2D eigenvalue weighted by Crippen LogP contribution is 2.26. The Hall–Kier alpha value is -3.63. The normalized spacial score (nSPS) is 12.5. The van der Waals surface area contributed by atoms with Crippen LogP contribution in [0.25, 0.3) is 0 Å². The second-order valence-corrected chi connectivity index (χ2v) is 11.8. The van der Waals surface area contributed by atoms with Crippen LogP contribution in [0.3, 0.4) is 0 Å². The quantitative estimate of drug-likeness (QED) is 0.166. The second-order valence-electron chi connectivity index (χ2n) is 11.8. The van der Waals surface area contributed by atoms with Gasteiger partial charge in [-0.3, -0.25) is 19.2 Å². The Bertz CT molecular complexity index is 1060. The van der Waals surface area contributed by atoms with Crippen molar-refractivity contribution in [3.63, 3.8) is 0 Å². The molecule has 1 aromatic rings. The van der Waals surface area contributed by atoms with Crippen molar-refractivity contribution >= 4 is 29.8 Å². The molecule has 1 rings (SSSR count). The zero-order valence-electron chi connectivity index (χ0n) is 27.0. The SMILES string of the molecule is CCCCCCCCN(C(=O)C(CC(N)=O)NC(=O)OC(C)(C)C)C(C(=O)NCCC(=O)OCC)c1cc(C)cc(C)c1. The monoisotopic (exact) mass is 604 g/mol. The first kappa shape index (κ1) is 37.4. The van der Waals surface area contributed by atoms with Gasteiger partial charge in [-0.2, -0.15) is 0 Å². The van der Waals surface area contributed by atoms with Crippen molar-refractivity contribution in [2.75, 3.05) is 19.7 Å². The summed E-state index contributed by atoms with van der Waals surface area (Å²) in [5.74, 6) is -2.38. The second kappa shape index (κ2) is 18.8. The lowest BCUT2D eigenvalue weighted by Gasteiger charge is -2.34. The van der Waals surface area contributed by atoms with Crippen LogP contribution in [0.1, 0.15) is 109 Å². The number of nitrogens with zero attached hydrogens (tertiary/aromatic N) is 1. The van der Waals surface area contributed by atoms with Crippen molar-refractivity contribution < 1.29 is 33.4 Å². The minimum absolute atomic E-state index is 0.0128. The molecule has 4 amide bonds. The predicted molar refractivity (Wildman–Crippen MR) is 165 cm³/mol. The number of aryl methyl sites for hydroxylation is 2. The Balaban J connectivity index is 3.50. The van der Waals surface area contributed by atoms with E-state index in [1.807, 2.05) is 32.0 Å². The number of alkyl carbamates (subject to hydrolysis) is 1. The van der Waals surface area contributed by atoms with Crippen LogP contribution in [0.2, 0.25) is 0 Å². The summed E-state index contributed by atoms with van der Waals surface area (Å²) in [7, 11) is 0. The molecule has 2 atom stereocenters. The molecule has 4 N–H and O–H groups in total. The molecule has 0 radical (unpaired) electrons. The Kier molecular flexibility index (Phi) is 16.4. The number of carbonyl (C=O) groups excluding carboxylic acids is 5. The number of nitrogens with one attached hydrogen (secondary N) is 2. The third-order valence-electron chi connectivity index (χ3n) is 6.48. The van der Waals surface area contributed by atoms with Crippen molar-refractivity contribution in [1.29, 1.82) is 0 Å². The van der Waals surface area contributed by atoms with Gasteiger partial charge in [0, 0.05) is 13.1 Å². The number of ether oxygens (including phenoxy) is 2. The van der Waals surface area contributed by atoms with Crippen LogP contribution in [0, 0.1) is 13.8 Å². The van der Waals surface area contributed by atoms with Gasteiger partial charge in [0.25, 0.3) is 0 Å². The number of hydrogen-bond acceptors (Lipinski definition) is 7. The van der Waals surface area contributed by atoms with Gasteiger partial charge in [0.1, 0.15) is 17.7 Å². The number of benzene rings is 1. The highest BCUT2D eigenvalue weighted by atomic mass is 16.6. The summed E-state index contributed by atoms with van der Waals surface area (Å²) in [4.78, 5) is 66.0. The van der Waals surface area contributed by atoms with E-state index in [2.05, 4.69) is 17.6 Å². The van der Waals surface area contributed by atoms with Crippen LogP contribution in [0.5, 0.6) is 0 Å². The number of esters is 1. The molecular formula is C32H52N4O7. The number of hydrogen-bond donors (Lipinski definition) is 3. The van der Waals surface area contributed by atoms with E-state index in [0.29, 0.717) is 12.0 Å². The average molecular weight is 605 g/mol. The first-order chi connectivity index (χ1) is 20.2. The van der Waals surface area contributed by atoms with Gasteiger partial charge < -0.3 is 30.7 Å². The molecule has 0 aliphatic carbocycles. The number of carbonyl (C=O) groups is 5. The zero-order valence-corrected chi connectivity index (χ0v) is 27.0. The molecule has 11 nitrogen and oxygen atoms in total. The van der Waals surface area contributed by atoms with Gasteiger partial charge in [-0.25, -0.2) is 4.79 Å². The van der Waals surface area contributed by atoms with E-state index in [9.17, 15) is 24.0 Å². The lowest BCUT2D eigenvalue weighted by molar-refractivity contribution is -0.144. The molecule has 0 aliphatic heterocycles. The Labute approximate surface area is 256 Å². The number of unbranched alkanes of at least 4 members (excludes halogenated alkanes) is 5. The van der Waals surface area contributed by atoms with Crippen LogP contribution in [0.15, 0.2) is 18.2 Å². The number of amides is 4. The molecule has 11 heteroatoms. The fourth-order valence-electron chi connectivity index (χ4n) is 4.74. The molecule has 0 spiro atoms. The third-order valence-corrected chi connectivity index (χ3v) is 6.48. The van der Waals surface area contributed by atoms with Crippen molar-refractivity contribution in [2.24, 2.45) is 5.73 Å². The van der Waals surface area contributed by atoms with Gasteiger partial charge in [0.05, 0.1) is 19.4 Å². The Morgan fingerprint density at radius 1 is 0.930 bits per heavy atom. The fourth-order valence-corrected chi connectivity index (χ4v) is 4.74. The topological polar surface area (TPSA) is 157 Å². The van der Waals surface area contributed by atoms with E-state index in [1.54, 1.807) is 27.7 Å². The Morgan fingerprint density at radius 2 is 1.53 bits per heavy atom. The summed E-state index contributed by atoms with van der Waals surface area (Å²) in [6.45, 7) is 13.1. The lowest BCUT2D eigenvalue weighted by Crippen LogP contribution is -2.54. The van der Waals surface area contributed by atoms with Crippen LogP contribution < -0.4 is 16.4 Å². The van der Waals surface area contributed by atoms with Gasteiger partial charge in [0.15, 0.2) is 0 Å². The molecule has 242 valence electrons. The molecule has 0 aromatic heterocycles. The average Bonchev–Trinajstić information content (AvgIpc) is 2.87. The van der Waals surface area contributed by atoms with Gasteiger partial charge >= 0.3 is 12.1 Å². The smallest absolute Gasteiger partial charge is 0.408 e. The molecule has 43 heavy (non-hydrogen) atoms. The predicted octanol–water partition coefficient (Wildman–Crippen LogP) is 4.37. The molecule has 0 saturated carbocycles. The lowest BCUT2D eigenvalue weighted by atomic mass is 9.97. The minimum Gasteiger partial charge on any atom is -0.466 e. The molecule has 0 bridgehead atoms. The van der Waals surface area contributed by atoms with Gasteiger partial charge in [-0.05, 0) is 53.5 Å². The number of rotatable bonds is 18. The first-order valence-electron chi connectivity index (χ1n) is 15.3. The summed E-state index contributed by atoms with van der Waals surface area (Å²) < 4.78 is 10.3. The van der Waals surface area contributed by atoms with E-state index in [-0.39, 0.29) is 26.1 Å². The molecular weight excluding hydrogens is 552 g/mol. The summed E-state index contributed by atoms with van der Waals surface area (Å²) in [6, 6.07) is 3.16. The Morgan fingerprint density at radius 3 is 2.09 bits per heavy atom. The molecule has 1 aromatic carbocycles. The maximum atomic E-state index is 14.2. The zero-order chi connectivity index (χ0) is 32.6. The van der Waals surface area contributed by atoms with Gasteiger partial charge in [-0.1, -0.05) is 68.4 Å². The summed E-state index contributed by atoms with van der Waals surface area (Å²) in [5.41, 5.74) is 7.00. The van der Waals surface area contributed by atoms with E-state index in [1.165, 1.54) is 4.90 Å². The fraction of sp³-hybridized carbons (Fsp3) is 0.656. The van der Waals surface area contributed by atoms with Crippen molar-refractivity contribution in [1.82, 2.24) is 15.5 Å². The first-order valence-corrected chi connectivity index (χ1v) is 15.3. The summed E-state index contributed by atoms with van der Waals surface area (Å²) in [6.07, 6.45) is 4.27. The van der Waals surface area contributed by atoms with Gasteiger partial charge in [0.2, 0.25) is 17.7 Å². The van der Waals surface area contributed by atoms with E-state index in [0.717, 1.165) is 43.2 Å². The van der Waals surface area contributed by atoms with Gasteiger partial charge in [-0.15, -0.1) is 0 Å². The molecule has 2 unspecified atom stereocenters.